The van der Waals surface area contributed by atoms with E-state index in [9.17, 15) is 19.5 Å². The number of allylic oxidation sites excluding steroid dienone is 22. The van der Waals surface area contributed by atoms with Gasteiger partial charge in [0.1, 0.15) is 13.2 Å². The molecule has 0 saturated heterocycles. The maximum absolute atomic E-state index is 13.0. The van der Waals surface area contributed by atoms with Crippen molar-refractivity contribution < 1.29 is 42.9 Å². The first-order valence-electron chi connectivity index (χ1n) is 40.3. The molecule has 97 heavy (non-hydrogen) atoms. The van der Waals surface area contributed by atoms with Crippen LogP contribution < -0.4 is 0 Å². The van der Waals surface area contributed by atoms with Crippen LogP contribution in [-0.4, -0.2) is 87.4 Å². The van der Waals surface area contributed by atoms with E-state index in [0.717, 1.165) is 109 Å². The Morgan fingerprint density at radius 2 is 0.588 bits per heavy atom. The lowest BCUT2D eigenvalue weighted by atomic mass is 10.0. The molecule has 0 aliphatic rings. The second kappa shape index (κ2) is 77.2. The van der Waals surface area contributed by atoms with Gasteiger partial charge in [0.25, 0.3) is 6.29 Å². The molecule has 0 spiro atoms. The molecule has 0 aliphatic heterocycles. The minimum Gasteiger partial charge on any atom is -0.477 e. The van der Waals surface area contributed by atoms with E-state index in [4.69, 9.17) is 18.9 Å². The molecule has 0 aromatic rings. The number of esters is 2. The molecule has 1 N–H and O–H groups in total. The van der Waals surface area contributed by atoms with E-state index >= 15 is 0 Å². The molecule has 0 bridgehead atoms. The van der Waals surface area contributed by atoms with E-state index in [1.54, 1.807) is 0 Å². The first-order valence-corrected chi connectivity index (χ1v) is 40.3. The zero-order valence-electron chi connectivity index (χ0n) is 63.7. The Hall–Kier alpha value is -4.57. The van der Waals surface area contributed by atoms with Crippen LogP contribution in [0.3, 0.4) is 0 Å². The van der Waals surface area contributed by atoms with E-state index in [-0.39, 0.29) is 32.2 Å². The molecule has 0 aromatic heterocycles. The Bertz CT molecular complexity index is 2060. The number of carboxylic acids is 1. The van der Waals surface area contributed by atoms with Gasteiger partial charge < -0.3 is 28.5 Å². The minimum atomic E-state index is -1.52. The highest BCUT2D eigenvalue weighted by molar-refractivity contribution is 5.71. The normalized spacial score (nSPS) is 13.4. The molecule has 0 aromatic carbocycles. The topological polar surface area (TPSA) is 108 Å². The van der Waals surface area contributed by atoms with Gasteiger partial charge in [0.15, 0.2) is 6.10 Å². The number of carboxylic acid groups (broad SMARTS) is 1. The van der Waals surface area contributed by atoms with Gasteiger partial charge >= 0.3 is 17.9 Å². The second-order valence-corrected chi connectivity index (χ2v) is 28.0. The monoisotopic (exact) mass is 1350 g/mol. The standard InChI is InChI=1S/C88H151NO8/c1-6-8-10-12-14-16-18-20-22-24-26-28-30-32-34-36-38-40-41-42-43-44-45-47-49-51-53-55-57-59-61-63-65-67-69-71-73-75-77-79-86(91)97-84(83-96-88(87(92)93)94-81-80-89(3,4)5)82-95-85(90)78-76-74-72-70-68-66-64-62-60-58-56-54-52-50-48-46-39-37-35-33-31-29-27-25-23-21-19-17-15-13-11-9-7-2/h8,10,14,16,20,22,25-28,32,34,38,40,42-43,45,47,51,53,57,59,84,88H,6-7,9,11-13,15,17-19,21,23-24,29-31,33,35-37,39,41,44,46,48-50,52,54-56,58,60-83H2,1-5H3/p+1/b10-8-,16-14-,22-20-,27-25-,28-26-,34-32-,40-38-,43-42-,47-45-,53-51-,59-57-. The van der Waals surface area contributed by atoms with Crippen molar-refractivity contribution >= 4 is 17.9 Å². The number of ether oxygens (including phenoxy) is 4. The highest BCUT2D eigenvalue weighted by Gasteiger charge is 2.25. The van der Waals surface area contributed by atoms with Gasteiger partial charge in [-0.15, -0.1) is 0 Å². The summed E-state index contributed by atoms with van der Waals surface area (Å²) in [5, 5.41) is 9.78. The van der Waals surface area contributed by atoms with Crippen molar-refractivity contribution in [3.63, 3.8) is 0 Å². The van der Waals surface area contributed by atoms with E-state index in [1.165, 1.54) is 205 Å². The summed E-state index contributed by atoms with van der Waals surface area (Å²) in [6, 6.07) is 0. The van der Waals surface area contributed by atoms with Crippen molar-refractivity contribution in [1.29, 1.82) is 0 Å². The van der Waals surface area contributed by atoms with Crippen molar-refractivity contribution in [2.75, 3.05) is 47.5 Å². The van der Waals surface area contributed by atoms with Gasteiger partial charge in [-0.2, -0.15) is 0 Å². The number of carbonyl (C=O) groups is 3. The molecule has 2 unspecified atom stereocenters. The molecule has 2 atom stereocenters. The number of likely N-dealkylation sites (N-methyl/N-ethyl adjacent to an activating group) is 1. The lowest BCUT2D eigenvalue weighted by Gasteiger charge is -2.25. The Balaban J connectivity index is 4.09. The lowest BCUT2D eigenvalue weighted by molar-refractivity contribution is -0.870. The number of nitrogens with zero attached hydrogens (tertiary/aromatic N) is 1. The van der Waals surface area contributed by atoms with Crippen LogP contribution >= 0.6 is 0 Å². The van der Waals surface area contributed by atoms with E-state index in [2.05, 4.69) is 148 Å². The summed E-state index contributed by atoms with van der Waals surface area (Å²) in [5.41, 5.74) is 0. The highest BCUT2D eigenvalue weighted by Crippen LogP contribution is 2.18. The number of quaternary nitrogens is 1. The third-order valence-corrected chi connectivity index (χ3v) is 17.4. The van der Waals surface area contributed by atoms with Gasteiger partial charge in [-0.25, -0.2) is 4.79 Å². The molecule has 0 amide bonds. The fourth-order valence-corrected chi connectivity index (χ4v) is 11.3. The average Bonchev–Trinajstić information content (AvgIpc) is 2.39. The van der Waals surface area contributed by atoms with Crippen LogP contribution in [0.2, 0.25) is 0 Å². The molecule has 0 radical (unpaired) electrons. The van der Waals surface area contributed by atoms with Crippen LogP contribution in [0.15, 0.2) is 134 Å². The summed E-state index contributed by atoms with van der Waals surface area (Å²) in [6.45, 7) is 4.78. The molecule has 556 valence electrons. The van der Waals surface area contributed by atoms with Gasteiger partial charge in [-0.3, -0.25) is 9.59 Å². The summed E-state index contributed by atoms with van der Waals surface area (Å²) >= 11 is 0. The van der Waals surface area contributed by atoms with Crippen LogP contribution in [0.25, 0.3) is 0 Å². The second-order valence-electron chi connectivity index (χ2n) is 28.0. The predicted molar refractivity (Wildman–Crippen MR) is 419 cm³/mol. The first kappa shape index (κ1) is 92.4. The van der Waals surface area contributed by atoms with Crippen LogP contribution in [-0.2, 0) is 33.3 Å². The van der Waals surface area contributed by atoms with Crippen molar-refractivity contribution in [1.82, 2.24) is 0 Å². The highest BCUT2D eigenvalue weighted by atomic mass is 16.7. The Kier molecular flexibility index (Phi) is 73.5. The third-order valence-electron chi connectivity index (χ3n) is 17.4. The molecule has 0 aliphatic carbocycles. The summed E-state index contributed by atoms with van der Waals surface area (Å²) < 4.78 is 23.0. The van der Waals surface area contributed by atoms with Gasteiger partial charge in [0.05, 0.1) is 34.4 Å². The van der Waals surface area contributed by atoms with Gasteiger partial charge in [0, 0.05) is 12.8 Å². The molecule has 9 nitrogen and oxygen atoms in total. The van der Waals surface area contributed by atoms with Crippen LogP contribution in [0.1, 0.15) is 348 Å². The first-order chi connectivity index (χ1) is 47.6. The van der Waals surface area contributed by atoms with Crippen LogP contribution in [0.4, 0.5) is 0 Å². The van der Waals surface area contributed by atoms with Gasteiger partial charge in [-0.05, 0) is 116 Å². The summed E-state index contributed by atoms with van der Waals surface area (Å²) in [7, 11) is 5.98. The predicted octanol–water partition coefficient (Wildman–Crippen LogP) is 26.0. The Morgan fingerprint density at radius 1 is 0.320 bits per heavy atom. The number of hydrogen-bond acceptors (Lipinski definition) is 7. The molecular weight excluding hydrogens is 1200 g/mol. The summed E-state index contributed by atoms with van der Waals surface area (Å²) in [5.74, 6) is -2.01. The largest absolute Gasteiger partial charge is 0.477 e. The molecule has 0 heterocycles. The molecule has 0 saturated carbocycles. The molecule has 0 rings (SSSR count). The van der Waals surface area contributed by atoms with Gasteiger partial charge in [-0.1, -0.05) is 353 Å². The van der Waals surface area contributed by atoms with E-state index in [0.29, 0.717) is 23.9 Å². The molecule has 0 fully saturated rings. The SMILES string of the molecule is CC/C=C\C/C=C\C/C=C\C/C=C\C/C=C\C/C=C\C/C=C\C/C=C\C/C=C\C/C=C\CCCCCCCCCCC(=O)OC(COC(=O)CCCCCCCCCCCCCCCCCCCCCCC/C=C\CCCCCCCCCC)COC(OCC[N+](C)(C)C)C(=O)O. The van der Waals surface area contributed by atoms with Crippen molar-refractivity contribution in [2.45, 2.75) is 360 Å². The zero-order chi connectivity index (χ0) is 70.4. The zero-order valence-corrected chi connectivity index (χ0v) is 63.7. The fraction of sp³-hybridized carbons (Fsp3) is 0.716. The third kappa shape index (κ3) is 78.6. The summed E-state index contributed by atoms with van der Waals surface area (Å²) in [4.78, 5) is 37.7. The number of rotatable bonds is 74. The maximum atomic E-state index is 13.0. The fourth-order valence-electron chi connectivity index (χ4n) is 11.3. The van der Waals surface area contributed by atoms with Crippen molar-refractivity contribution in [3.05, 3.63) is 134 Å². The van der Waals surface area contributed by atoms with Crippen LogP contribution in [0.5, 0.6) is 0 Å². The summed E-state index contributed by atoms with van der Waals surface area (Å²) in [6.07, 6.45) is 109. The smallest absolute Gasteiger partial charge is 0.361 e. The number of unbranched alkanes of at least 4 members (excludes halogenated alkanes) is 37. The van der Waals surface area contributed by atoms with E-state index in [1.807, 2.05) is 21.1 Å². The average molecular weight is 1350 g/mol. The lowest BCUT2D eigenvalue weighted by Crippen LogP contribution is -2.40. The number of carbonyl (C=O) groups excluding carboxylic acids is 2. The molecule has 9 heteroatoms. The number of hydrogen-bond donors (Lipinski definition) is 1. The van der Waals surface area contributed by atoms with Crippen LogP contribution in [0, 0.1) is 0 Å². The Labute approximate surface area is 599 Å². The Morgan fingerprint density at radius 3 is 0.887 bits per heavy atom. The maximum Gasteiger partial charge on any atom is 0.361 e. The molecular formula is C88H152NO8+. The van der Waals surface area contributed by atoms with Crippen molar-refractivity contribution in [2.24, 2.45) is 0 Å². The van der Waals surface area contributed by atoms with E-state index < -0.39 is 24.3 Å². The van der Waals surface area contributed by atoms with Crippen molar-refractivity contribution in [3.8, 4) is 0 Å². The van der Waals surface area contributed by atoms with Gasteiger partial charge in [0.2, 0.25) is 0 Å². The quantitative estimate of drug-likeness (QED) is 0.0211. The number of aliphatic carboxylic acids is 1. The minimum absolute atomic E-state index is 0.181.